The Morgan fingerprint density at radius 3 is 2.95 bits per heavy atom. The van der Waals surface area contributed by atoms with E-state index >= 15 is 0 Å². The summed E-state index contributed by atoms with van der Waals surface area (Å²) in [6, 6.07) is 0.0675. The van der Waals surface area contributed by atoms with Crippen LogP contribution >= 0.6 is 11.5 Å². The quantitative estimate of drug-likeness (QED) is 0.770. The number of nitrogens with two attached hydrogens (primary N) is 1. The number of nitrogens with one attached hydrogen (secondary N) is 2. The van der Waals surface area contributed by atoms with Gasteiger partial charge in [-0.2, -0.15) is 4.37 Å². The molecule has 112 valence electrons. The number of rotatable bonds is 5. The van der Waals surface area contributed by atoms with Crippen LogP contribution in [0.4, 0.5) is 10.8 Å². The molecule has 0 aromatic carbocycles. The van der Waals surface area contributed by atoms with Gasteiger partial charge in [-0.1, -0.05) is 0 Å². The van der Waals surface area contributed by atoms with Gasteiger partial charge in [-0.25, -0.2) is 0 Å². The van der Waals surface area contributed by atoms with Gasteiger partial charge in [0.05, 0.1) is 6.10 Å². The molecular weight excluding hydrogens is 276 g/mol. The van der Waals surface area contributed by atoms with Crippen LogP contribution in [0.1, 0.15) is 37.6 Å². The third-order valence-corrected chi connectivity index (χ3v) is 4.24. The lowest BCUT2D eigenvalue weighted by molar-refractivity contribution is 0.0945. The van der Waals surface area contributed by atoms with Gasteiger partial charge in [0, 0.05) is 25.1 Å². The Kier molecular flexibility index (Phi) is 4.82. The summed E-state index contributed by atoms with van der Waals surface area (Å²) in [5.74, 6) is 0.565. The Morgan fingerprint density at radius 1 is 1.60 bits per heavy atom. The number of anilines is 2. The average molecular weight is 298 g/mol. The van der Waals surface area contributed by atoms with Crippen LogP contribution in [0.2, 0.25) is 0 Å². The number of carbonyl (C=O) groups excluding carboxylic acids is 1. The predicted molar refractivity (Wildman–Crippen MR) is 81.1 cm³/mol. The molecule has 0 aliphatic carbocycles. The number of nitrogen functional groups attached to an aromatic ring is 1. The number of ether oxygens (including phenoxy) is 1. The highest BCUT2D eigenvalue weighted by Crippen LogP contribution is 2.28. The van der Waals surface area contributed by atoms with Gasteiger partial charge in [0.15, 0.2) is 5.82 Å². The van der Waals surface area contributed by atoms with Crippen LogP contribution in [0.25, 0.3) is 0 Å². The van der Waals surface area contributed by atoms with Gasteiger partial charge in [0.1, 0.15) is 10.6 Å². The van der Waals surface area contributed by atoms with E-state index in [0.717, 1.165) is 24.6 Å². The number of nitrogens with zero attached hydrogens (tertiary/aromatic N) is 1. The van der Waals surface area contributed by atoms with Crippen molar-refractivity contribution >= 4 is 28.3 Å². The maximum atomic E-state index is 12.1. The molecule has 0 radical (unpaired) electrons. The van der Waals surface area contributed by atoms with Crippen LogP contribution in [0.5, 0.6) is 0 Å². The molecule has 4 N–H and O–H groups in total. The molecule has 7 heteroatoms. The van der Waals surface area contributed by atoms with Crippen molar-refractivity contribution in [1.29, 1.82) is 0 Å². The molecule has 1 aliphatic rings. The standard InChI is InChI=1S/C13H22N4O2S/c1-7(2)16-12(18)10-11(14)17-20-13(10)15-6-9-4-5-19-8(9)3/h7-9,15H,4-6H2,1-3H3,(H2,14,17)(H,16,18). The molecule has 2 atom stereocenters. The van der Waals surface area contributed by atoms with E-state index in [1.54, 1.807) is 0 Å². The molecule has 6 nitrogen and oxygen atoms in total. The van der Waals surface area contributed by atoms with E-state index in [2.05, 4.69) is 21.9 Å². The normalized spacial score (nSPS) is 22.2. The topological polar surface area (TPSA) is 89.3 Å². The first-order chi connectivity index (χ1) is 9.49. The lowest BCUT2D eigenvalue weighted by Gasteiger charge is -2.15. The molecule has 0 spiro atoms. The second kappa shape index (κ2) is 6.41. The first kappa shape index (κ1) is 15.1. The summed E-state index contributed by atoms with van der Waals surface area (Å²) in [6.07, 6.45) is 1.29. The zero-order valence-electron chi connectivity index (χ0n) is 12.1. The summed E-state index contributed by atoms with van der Waals surface area (Å²) in [5.41, 5.74) is 6.26. The van der Waals surface area contributed by atoms with Crippen molar-refractivity contribution in [3.63, 3.8) is 0 Å². The Hall–Kier alpha value is -1.34. The third kappa shape index (κ3) is 3.40. The third-order valence-electron chi connectivity index (χ3n) is 3.42. The van der Waals surface area contributed by atoms with Gasteiger partial charge in [-0.15, -0.1) is 0 Å². The first-order valence-electron chi connectivity index (χ1n) is 6.90. The summed E-state index contributed by atoms with van der Waals surface area (Å²) in [5, 5.41) is 6.88. The molecule has 1 saturated heterocycles. The molecule has 2 rings (SSSR count). The SMILES string of the molecule is CC(C)NC(=O)c1c(N)nsc1NCC1CCOC1C. The highest BCUT2D eigenvalue weighted by molar-refractivity contribution is 7.11. The minimum atomic E-state index is -0.176. The van der Waals surface area contributed by atoms with Gasteiger partial charge in [-0.05, 0) is 38.7 Å². The van der Waals surface area contributed by atoms with Crippen molar-refractivity contribution in [1.82, 2.24) is 9.69 Å². The lowest BCUT2D eigenvalue weighted by Crippen LogP contribution is -2.31. The zero-order valence-corrected chi connectivity index (χ0v) is 12.9. The average Bonchev–Trinajstić information content (AvgIpc) is 2.92. The Morgan fingerprint density at radius 2 is 2.35 bits per heavy atom. The van der Waals surface area contributed by atoms with E-state index in [-0.39, 0.29) is 23.9 Å². The molecule has 0 bridgehead atoms. The van der Waals surface area contributed by atoms with Crippen LogP contribution in [-0.2, 0) is 4.74 Å². The molecule has 1 aromatic rings. The molecule has 1 aliphatic heterocycles. The van der Waals surface area contributed by atoms with Crippen molar-refractivity contribution < 1.29 is 9.53 Å². The van der Waals surface area contributed by atoms with E-state index in [0.29, 0.717) is 11.5 Å². The van der Waals surface area contributed by atoms with Gasteiger partial charge in [0.2, 0.25) is 0 Å². The van der Waals surface area contributed by atoms with Crippen LogP contribution < -0.4 is 16.4 Å². The number of aromatic nitrogens is 1. The van der Waals surface area contributed by atoms with Gasteiger partial charge in [-0.3, -0.25) is 4.79 Å². The summed E-state index contributed by atoms with van der Waals surface area (Å²) < 4.78 is 9.61. The van der Waals surface area contributed by atoms with Crippen LogP contribution in [0.3, 0.4) is 0 Å². The fraction of sp³-hybridized carbons (Fsp3) is 0.692. The van der Waals surface area contributed by atoms with Gasteiger partial charge < -0.3 is 21.1 Å². The highest BCUT2D eigenvalue weighted by atomic mass is 32.1. The van der Waals surface area contributed by atoms with Gasteiger partial charge >= 0.3 is 0 Å². The molecule has 20 heavy (non-hydrogen) atoms. The molecule has 2 unspecified atom stereocenters. The van der Waals surface area contributed by atoms with Crippen molar-refractivity contribution in [2.24, 2.45) is 5.92 Å². The van der Waals surface area contributed by atoms with Crippen LogP contribution in [0, 0.1) is 5.92 Å². The lowest BCUT2D eigenvalue weighted by atomic mass is 10.0. The largest absolute Gasteiger partial charge is 0.382 e. The molecule has 1 aromatic heterocycles. The minimum Gasteiger partial charge on any atom is -0.382 e. The maximum Gasteiger partial charge on any atom is 0.258 e. The van der Waals surface area contributed by atoms with Crippen LogP contribution in [-0.4, -0.2) is 35.6 Å². The summed E-state index contributed by atoms with van der Waals surface area (Å²) >= 11 is 1.23. The van der Waals surface area contributed by atoms with Crippen molar-refractivity contribution in [2.75, 3.05) is 24.2 Å². The van der Waals surface area contributed by atoms with E-state index in [1.807, 2.05) is 13.8 Å². The molecule has 2 heterocycles. The van der Waals surface area contributed by atoms with Crippen molar-refractivity contribution in [3.8, 4) is 0 Å². The second-order valence-corrected chi connectivity index (χ2v) is 6.18. The predicted octanol–water partition coefficient (Wildman–Crippen LogP) is 1.70. The van der Waals surface area contributed by atoms with E-state index in [1.165, 1.54) is 11.5 Å². The number of hydrogen-bond donors (Lipinski definition) is 3. The molecule has 1 amide bonds. The summed E-state index contributed by atoms with van der Waals surface area (Å²) in [4.78, 5) is 12.1. The maximum absolute atomic E-state index is 12.1. The monoisotopic (exact) mass is 298 g/mol. The Labute approximate surface area is 123 Å². The highest BCUT2D eigenvalue weighted by Gasteiger charge is 2.25. The summed E-state index contributed by atoms with van der Waals surface area (Å²) in [7, 11) is 0. The number of amides is 1. The molecule has 1 fully saturated rings. The second-order valence-electron chi connectivity index (χ2n) is 5.41. The number of carbonyl (C=O) groups is 1. The van der Waals surface area contributed by atoms with Crippen molar-refractivity contribution in [3.05, 3.63) is 5.56 Å². The summed E-state index contributed by atoms with van der Waals surface area (Å²) in [6.45, 7) is 7.48. The smallest absolute Gasteiger partial charge is 0.258 e. The molecule has 0 saturated carbocycles. The zero-order chi connectivity index (χ0) is 14.7. The van der Waals surface area contributed by atoms with Crippen molar-refractivity contribution in [2.45, 2.75) is 39.3 Å². The van der Waals surface area contributed by atoms with E-state index < -0.39 is 0 Å². The molecular formula is C13H22N4O2S. The van der Waals surface area contributed by atoms with E-state index in [4.69, 9.17) is 10.5 Å². The Bertz CT molecular complexity index is 475. The first-order valence-corrected chi connectivity index (χ1v) is 7.67. The minimum absolute atomic E-state index is 0.0675. The fourth-order valence-corrected chi connectivity index (χ4v) is 2.96. The Balaban J connectivity index is 2.03. The number of hydrogen-bond acceptors (Lipinski definition) is 6. The van der Waals surface area contributed by atoms with Gasteiger partial charge in [0.25, 0.3) is 5.91 Å². The fourth-order valence-electron chi connectivity index (χ4n) is 2.24. The van der Waals surface area contributed by atoms with Crippen LogP contribution in [0.15, 0.2) is 0 Å². The van der Waals surface area contributed by atoms with E-state index in [9.17, 15) is 4.79 Å².